The maximum Gasteiger partial charge on any atom is 0.490 e. The molecule has 12 heavy (non-hydrogen) atoms. The summed E-state index contributed by atoms with van der Waals surface area (Å²) in [6, 6.07) is 0. The summed E-state index contributed by atoms with van der Waals surface area (Å²) in [5.74, 6) is -2.58. The number of esters is 1. The van der Waals surface area contributed by atoms with E-state index in [0.29, 0.717) is 0 Å². The quantitative estimate of drug-likeness (QED) is 0.516. The van der Waals surface area contributed by atoms with Crippen LogP contribution < -0.4 is 5.73 Å². The van der Waals surface area contributed by atoms with E-state index in [4.69, 9.17) is 5.73 Å². The van der Waals surface area contributed by atoms with Gasteiger partial charge in [0.05, 0.1) is 0 Å². The first-order valence-corrected chi connectivity index (χ1v) is 3.28. The highest BCUT2D eigenvalue weighted by Crippen LogP contribution is 2.17. The van der Waals surface area contributed by atoms with Gasteiger partial charge in [-0.2, -0.15) is 13.2 Å². The molecule has 0 aliphatic carbocycles. The predicted molar refractivity (Wildman–Crippen MR) is 35.0 cm³/mol. The van der Waals surface area contributed by atoms with Crippen molar-refractivity contribution in [2.24, 2.45) is 11.7 Å². The molecule has 0 fully saturated rings. The molecule has 0 radical (unpaired) electrons. The van der Waals surface area contributed by atoms with E-state index in [0.717, 1.165) is 0 Å². The number of ether oxygens (including phenoxy) is 1. The minimum absolute atomic E-state index is 0.337. The lowest BCUT2D eigenvalue weighted by Gasteiger charge is -2.16. The maximum atomic E-state index is 11.5. The molecule has 0 saturated heterocycles. The Morgan fingerprint density at radius 3 is 2.08 bits per heavy atom. The largest absolute Gasteiger partial charge is 0.490 e. The molecule has 1 unspecified atom stereocenters. The number of alkyl halides is 3. The molecule has 0 saturated carbocycles. The van der Waals surface area contributed by atoms with Crippen molar-refractivity contribution in [2.45, 2.75) is 26.3 Å². The second-order valence-electron chi connectivity index (χ2n) is 2.61. The smallest absolute Gasteiger partial charge is 0.440 e. The van der Waals surface area contributed by atoms with Gasteiger partial charge >= 0.3 is 12.1 Å². The summed E-state index contributed by atoms with van der Waals surface area (Å²) >= 11 is 0. The van der Waals surface area contributed by atoms with Gasteiger partial charge in [0, 0.05) is 5.92 Å². The third-order valence-electron chi connectivity index (χ3n) is 1.13. The SMILES string of the molecule is CC(C)C(N)OC(=O)C(F)(F)F. The van der Waals surface area contributed by atoms with Gasteiger partial charge in [0.25, 0.3) is 0 Å². The van der Waals surface area contributed by atoms with E-state index in [-0.39, 0.29) is 5.92 Å². The van der Waals surface area contributed by atoms with E-state index >= 15 is 0 Å². The van der Waals surface area contributed by atoms with Crippen LogP contribution in [0.4, 0.5) is 13.2 Å². The van der Waals surface area contributed by atoms with Crippen LogP contribution in [0.15, 0.2) is 0 Å². The average Bonchev–Trinajstić information content (AvgIpc) is 1.85. The number of halogens is 3. The number of rotatable bonds is 2. The highest BCUT2D eigenvalue weighted by molar-refractivity contribution is 5.75. The zero-order valence-electron chi connectivity index (χ0n) is 6.68. The molecule has 0 aliphatic rings. The van der Waals surface area contributed by atoms with Crippen molar-refractivity contribution in [2.75, 3.05) is 0 Å². The number of nitrogens with two attached hydrogens (primary N) is 1. The average molecular weight is 185 g/mol. The molecule has 0 bridgehead atoms. The number of hydrogen-bond acceptors (Lipinski definition) is 3. The number of carbonyl (C=O) groups is 1. The van der Waals surface area contributed by atoms with Crippen LogP contribution in [0, 0.1) is 5.92 Å². The molecule has 6 heteroatoms. The second-order valence-corrected chi connectivity index (χ2v) is 2.61. The third kappa shape index (κ3) is 3.56. The molecule has 0 spiro atoms. The highest BCUT2D eigenvalue weighted by atomic mass is 19.4. The normalized spacial score (nSPS) is 14.6. The van der Waals surface area contributed by atoms with E-state index in [1.54, 1.807) is 13.8 Å². The van der Waals surface area contributed by atoms with Gasteiger partial charge in [0.15, 0.2) is 6.23 Å². The van der Waals surface area contributed by atoms with Crippen molar-refractivity contribution in [3.63, 3.8) is 0 Å². The van der Waals surface area contributed by atoms with Crippen LogP contribution in [0.5, 0.6) is 0 Å². The molecule has 72 valence electrons. The summed E-state index contributed by atoms with van der Waals surface area (Å²) in [7, 11) is 0. The van der Waals surface area contributed by atoms with Gasteiger partial charge in [-0.25, -0.2) is 4.79 Å². The Kier molecular flexibility index (Phi) is 3.51. The molecule has 3 nitrogen and oxygen atoms in total. The van der Waals surface area contributed by atoms with Gasteiger partial charge in [-0.3, -0.25) is 5.73 Å². The first-order chi connectivity index (χ1) is 5.25. The number of carbonyl (C=O) groups excluding carboxylic acids is 1. The van der Waals surface area contributed by atoms with Crippen molar-refractivity contribution < 1.29 is 22.7 Å². The highest BCUT2D eigenvalue weighted by Gasteiger charge is 2.42. The fourth-order valence-corrected chi connectivity index (χ4v) is 0.326. The summed E-state index contributed by atoms with van der Waals surface area (Å²) in [6.07, 6.45) is -6.17. The van der Waals surface area contributed by atoms with Crippen LogP contribution in [-0.2, 0) is 9.53 Å². The zero-order chi connectivity index (χ0) is 9.94. The Balaban J connectivity index is 4.02. The molecular formula is C6H10F3NO2. The van der Waals surface area contributed by atoms with Gasteiger partial charge in [-0.05, 0) is 0 Å². The van der Waals surface area contributed by atoms with Gasteiger partial charge in [0.1, 0.15) is 0 Å². The lowest BCUT2D eigenvalue weighted by molar-refractivity contribution is -0.206. The van der Waals surface area contributed by atoms with Crippen LogP contribution in [0.2, 0.25) is 0 Å². The predicted octanol–water partition coefficient (Wildman–Crippen LogP) is 1.03. The van der Waals surface area contributed by atoms with Crippen molar-refractivity contribution in [3.05, 3.63) is 0 Å². The van der Waals surface area contributed by atoms with Crippen LogP contribution >= 0.6 is 0 Å². The minimum Gasteiger partial charge on any atom is -0.440 e. The Morgan fingerprint density at radius 1 is 1.42 bits per heavy atom. The Morgan fingerprint density at radius 2 is 1.83 bits per heavy atom. The Hall–Kier alpha value is -0.780. The summed E-state index contributed by atoms with van der Waals surface area (Å²) in [6.45, 7) is 3.10. The monoisotopic (exact) mass is 185 g/mol. The first kappa shape index (κ1) is 11.2. The van der Waals surface area contributed by atoms with Crippen molar-refractivity contribution in [1.82, 2.24) is 0 Å². The minimum atomic E-state index is -4.97. The van der Waals surface area contributed by atoms with Gasteiger partial charge < -0.3 is 4.74 Å². The van der Waals surface area contributed by atoms with Crippen LogP contribution in [-0.4, -0.2) is 18.4 Å². The van der Waals surface area contributed by atoms with E-state index in [1.807, 2.05) is 0 Å². The Labute approximate surface area is 67.7 Å². The van der Waals surface area contributed by atoms with Crippen LogP contribution in [0.1, 0.15) is 13.8 Å². The van der Waals surface area contributed by atoms with Gasteiger partial charge in [0.2, 0.25) is 0 Å². The second kappa shape index (κ2) is 3.75. The fourth-order valence-electron chi connectivity index (χ4n) is 0.326. The first-order valence-electron chi connectivity index (χ1n) is 3.28. The molecule has 0 aromatic heterocycles. The summed E-state index contributed by atoms with van der Waals surface area (Å²) < 4.78 is 38.5. The fraction of sp³-hybridized carbons (Fsp3) is 0.833. The molecule has 0 aromatic carbocycles. The third-order valence-corrected chi connectivity index (χ3v) is 1.13. The van der Waals surface area contributed by atoms with E-state index < -0.39 is 18.4 Å². The molecule has 0 heterocycles. The van der Waals surface area contributed by atoms with Crippen LogP contribution in [0.3, 0.4) is 0 Å². The molecule has 0 aliphatic heterocycles. The summed E-state index contributed by atoms with van der Waals surface area (Å²) in [5.41, 5.74) is 5.07. The van der Waals surface area contributed by atoms with Crippen LogP contribution in [0.25, 0.3) is 0 Å². The zero-order valence-corrected chi connectivity index (χ0v) is 6.68. The topological polar surface area (TPSA) is 52.3 Å². The number of hydrogen-bond donors (Lipinski definition) is 1. The van der Waals surface area contributed by atoms with Crippen molar-refractivity contribution in [3.8, 4) is 0 Å². The lowest BCUT2D eigenvalue weighted by atomic mass is 10.2. The summed E-state index contributed by atoms with van der Waals surface area (Å²) in [4.78, 5) is 10.2. The molecule has 0 aromatic rings. The van der Waals surface area contributed by atoms with Gasteiger partial charge in [-0.1, -0.05) is 13.8 Å². The molecule has 0 rings (SSSR count). The maximum absolute atomic E-state index is 11.5. The molecule has 0 amide bonds. The molecule has 2 N–H and O–H groups in total. The van der Waals surface area contributed by atoms with Crippen molar-refractivity contribution in [1.29, 1.82) is 0 Å². The van der Waals surface area contributed by atoms with E-state index in [9.17, 15) is 18.0 Å². The lowest BCUT2D eigenvalue weighted by Crippen LogP contribution is -2.37. The van der Waals surface area contributed by atoms with Crippen molar-refractivity contribution >= 4 is 5.97 Å². The Bertz CT molecular complexity index is 167. The summed E-state index contributed by atoms with van der Waals surface area (Å²) in [5, 5.41) is 0. The van der Waals surface area contributed by atoms with E-state index in [1.165, 1.54) is 0 Å². The molecule has 1 atom stereocenters. The standard InChI is InChI=1S/C6H10F3NO2/c1-3(2)4(10)12-5(11)6(7,8)9/h3-4H,10H2,1-2H3. The van der Waals surface area contributed by atoms with E-state index in [2.05, 4.69) is 4.74 Å². The van der Waals surface area contributed by atoms with Gasteiger partial charge in [-0.15, -0.1) is 0 Å². The molecular weight excluding hydrogens is 175 g/mol.